The second-order valence-corrected chi connectivity index (χ2v) is 6.09. The number of para-hydroxylation sites is 1. The zero-order valence-electron chi connectivity index (χ0n) is 13.1. The maximum atomic E-state index is 12.0. The van der Waals surface area contributed by atoms with Gasteiger partial charge in [0.05, 0.1) is 5.92 Å². The SMILES string of the molecule is O=C(COC(=O)C1CCC1)Nc1ccc2oc3ccccc3c2c1. The van der Waals surface area contributed by atoms with Crippen LogP contribution in [0.4, 0.5) is 5.69 Å². The smallest absolute Gasteiger partial charge is 0.309 e. The number of nitrogens with one attached hydrogen (secondary N) is 1. The van der Waals surface area contributed by atoms with Crippen LogP contribution < -0.4 is 5.32 Å². The number of esters is 1. The number of ether oxygens (including phenoxy) is 1. The lowest BCUT2D eigenvalue weighted by Crippen LogP contribution is -2.28. The fourth-order valence-corrected chi connectivity index (χ4v) is 2.90. The molecule has 1 amide bonds. The molecule has 1 aliphatic carbocycles. The number of carbonyl (C=O) groups excluding carboxylic acids is 2. The predicted octanol–water partition coefficient (Wildman–Crippen LogP) is 3.87. The molecule has 0 saturated heterocycles. The van der Waals surface area contributed by atoms with Crippen LogP contribution in [0.15, 0.2) is 46.9 Å². The normalized spacial score (nSPS) is 14.5. The van der Waals surface area contributed by atoms with Crippen molar-refractivity contribution >= 4 is 39.5 Å². The highest BCUT2D eigenvalue weighted by Gasteiger charge is 2.27. The van der Waals surface area contributed by atoms with Crippen molar-refractivity contribution in [3.8, 4) is 0 Å². The molecule has 0 atom stereocenters. The number of hydrogen-bond donors (Lipinski definition) is 1. The van der Waals surface area contributed by atoms with Crippen LogP contribution in [0.5, 0.6) is 0 Å². The summed E-state index contributed by atoms with van der Waals surface area (Å²) in [6.45, 7) is -0.250. The first-order valence-electron chi connectivity index (χ1n) is 8.08. The summed E-state index contributed by atoms with van der Waals surface area (Å²) in [4.78, 5) is 23.6. The van der Waals surface area contributed by atoms with Crippen molar-refractivity contribution in [3.63, 3.8) is 0 Å². The second kappa shape index (κ2) is 6.00. The van der Waals surface area contributed by atoms with Crippen molar-refractivity contribution in [1.29, 1.82) is 0 Å². The van der Waals surface area contributed by atoms with Gasteiger partial charge in [0.1, 0.15) is 11.2 Å². The summed E-state index contributed by atoms with van der Waals surface area (Å²) in [7, 11) is 0. The highest BCUT2D eigenvalue weighted by atomic mass is 16.5. The summed E-state index contributed by atoms with van der Waals surface area (Å²) in [5.41, 5.74) is 2.23. The van der Waals surface area contributed by atoms with E-state index in [-0.39, 0.29) is 24.4 Å². The molecule has 0 aliphatic heterocycles. The van der Waals surface area contributed by atoms with Crippen molar-refractivity contribution in [2.75, 3.05) is 11.9 Å². The first-order chi connectivity index (χ1) is 11.7. The maximum Gasteiger partial charge on any atom is 0.309 e. The molecule has 2 aromatic carbocycles. The van der Waals surface area contributed by atoms with Crippen LogP contribution in [0, 0.1) is 5.92 Å². The molecule has 122 valence electrons. The van der Waals surface area contributed by atoms with Gasteiger partial charge in [-0.15, -0.1) is 0 Å². The van der Waals surface area contributed by atoms with Crippen LogP contribution in [-0.2, 0) is 14.3 Å². The molecule has 1 heterocycles. The second-order valence-electron chi connectivity index (χ2n) is 6.09. The lowest BCUT2D eigenvalue weighted by atomic mass is 9.86. The highest BCUT2D eigenvalue weighted by molar-refractivity contribution is 6.07. The molecular weight excluding hydrogens is 306 g/mol. The molecule has 1 N–H and O–H groups in total. The fraction of sp³-hybridized carbons (Fsp3) is 0.263. The average Bonchev–Trinajstić information content (AvgIpc) is 2.89. The Balaban J connectivity index is 1.46. The zero-order valence-corrected chi connectivity index (χ0v) is 13.1. The molecule has 5 nitrogen and oxygen atoms in total. The average molecular weight is 323 g/mol. The van der Waals surface area contributed by atoms with E-state index in [1.54, 1.807) is 6.07 Å². The van der Waals surface area contributed by atoms with E-state index in [4.69, 9.17) is 9.15 Å². The topological polar surface area (TPSA) is 68.5 Å². The molecule has 1 aromatic heterocycles. The number of benzene rings is 2. The predicted molar refractivity (Wildman–Crippen MR) is 90.6 cm³/mol. The van der Waals surface area contributed by atoms with E-state index in [2.05, 4.69) is 5.32 Å². The van der Waals surface area contributed by atoms with Gasteiger partial charge in [-0.2, -0.15) is 0 Å². The van der Waals surface area contributed by atoms with Crippen molar-refractivity contribution in [3.05, 3.63) is 42.5 Å². The lowest BCUT2D eigenvalue weighted by molar-refractivity contribution is -0.154. The Bertz CT molecular complexity index is 923. The van der Waals surface area contributed by atoms with Gasteiger partial charge in [0.2, 0.25) is 0 Å². The van der Waals surface area contributed by atoms with Crippen LogP contribution in [0.25, 0.3) is 21.9 Å². The molecule has 0 unspecified atom stereocenters. The summed E-state index contributed by atoms with van der Waals surface area (Å²) in [6, 6.07) is 13.2. The Morgan fingerprint density at radius 2 is 1.88 bits per heavy atom. The number of carbonyl (C=O) groups is 2. The molecule has 1 aliphatic rings. The van der Waals surface area contributed by atoms with Crippen molar-refractivity contribution in [2.24, 2.45) is 5.92 Å². The zero-order chi connectivity index (χ0) is 16.5. The van der Waals surface area contributed by atoms with E-state index in [9.17, 15) is 9.59 Å². The molecule has 0 spiro atoms. The van der Waals surface area contributed by atoms with Gasteiger partial charge in [-0.25, -0.2) is 0 Å². The largest absolute Gasteiger partial charge is 0.456 e. The molecule has 0 radical (unpaired) electrons. The highest BCUT2D eigenvalue weighted by Crippen LogP contribution is 2.30. The molecule has 1 fully saturated rings. The van der Waals surface area contributed by atoms with Crippen molar-refractivity contribution in [2.45, 2.75) is 19.3 Å². The minimum Gasteiger partial charge on any atom is -0.456 e. The van der Waals surface area contributed by atoms with Gasteiger partial charge in [0.25, 0.3) is 5.91 Å². The molecule has 4 rings (SSSR count). The van der Waals surface area contributed by atoms with Crippen LogP contribution in [0.1, 0.15) is 19.3 Å². The van der Waals surface area contributed by atoms with Crippen molar-refractivity contribution in [1.82, 2.24) is 0 Å². The van der Waals surface area contributed by atoms with Gasteiger partial charge in [-0.3, -0.25) is 9.59 Å². The summed E-state index contributed by atoms with van der Waals surface area (Å²) in [5, 5.41) is 4.70. The third-order valence-electron chi connectivity index (χ3n) is 4.44. The van der Waals surface area contributed by atoms with E-state index < -0.39 is 0 Å². The molecule has 24 heavy (non-hydrogen) atoms. The number of amides is 1. The minimum atomic E-state index is -0.338. The Hall–Kier alpha value is -2.82. The first kappa shape index (κ1) is 14.8. The van der Waals surface area contributed by atoms with Crippen LogP contribution in [-0.4, -0.2) is 18.5 Å². The lowest BCUT2D eigenvalue weighted by Gasteiger charge is -2.22. The minimum absolute atomic E-state index is 0.0218. The summed E-state index contributed by atoms with van der Waals surface area (Å²) in [6.07, 6.45) is 2.79. The van der Waals surface area contributed by atoms with Gasteiger partial charge >= 0.3 is 5.97 Å². The standard InChI is InChI=1S/C19H17NO4/c21-18(11-23-19(22)12-4-3-5-12)20-13-8-9-17-15(10-13)14-6-1-2-7-16(14)24-17/h1-2,6-10,12H,3-5,11H2,(H,20,21). The molecule has 5 heteroatoms. The number of fused-ring (bicyclic) bond motifs is 3. The fourth-order valence-electron chi connectivity index (χ4n) is 2.90. The maximum absolute atomic E-state index is 12.0. The Kier molecular flexibility index (Phi) is 3.69. The number of rotatable bonds is 4. The Morgan fingerprint density at radius 1 is 1.08 bits per heavy atom. The van der Waals surface area contributed by atoms with Gasteiger partial charge in [0, 0.05) is 16.5 Å². The van der Waals surface area contributed by atoms with Gasteiger partial charge in [0.15, 0.2) is 6.61 Å². The van der Waals surface area contributed by atoms with E-state index in [1.165, 1.54) is 0 Å². The monoisotopic (exact) mass is 323 g/mol. The quantitative estimate of drug-likeness (QED) is 0.740. The summed E-state index contributed by atoms with van der Waals surface area (Å²) < 4.78 is 10.8. The van der Waals surface area contributed by atoms with E-state index in [0.29, 0.717) is 5.69 Å². The Morgan fingerprint density at radius 3 is 2.67 bits per heavy atom. The van der Waals surface area contributed by atoms with E-state index >= 15 is 0 Å². The third kappa shape index (κ3) is 2.73. The first-order valence-corrected chi connectivity index (χ1v) is 8.08. The van der Waals surface area contributed by atoms with E-state index in [1.807, 2.05) is 36.4 Å². The number of anilines is 1. The van der Waals surface area contributed by atoms with Gasteiger partial charge < -0.3 is 14.5 Å². The van der Waals surface area contributed by atoms with Crippen molar-refractivity contribution < 1.29 is 18.7 Å². The van der Waals surface area contributed by atoms with Crippen LogP contribution in [0.3, 0.4) is 0 Å². The van der Waals surface area contributed by atoms with Gasteiger partial charge in [-0.1, -0.05) is 24.6 Å². The summed E-state index contributed by atoms with van der Waals surface area (Å²) >= 11 is 0. The molecule has 1 saturated carbocycles. The molecular formula is C19H17NO4. The van der Waals surface area contributed by atoms with Gasteiger partial charge in [-0.05, 0) is 37.1 Å². The molecule has 3 aromatic rings. The molecule has 0 bridgehead atoms. The number of hydrogen-bond acceptors (Lipinski definition) is 4. The van der Waals surface area contributed by atoms with Crippen LogP contribution >= 0.6 is 0 Å². The third-order valence-corrected chi connectivity index (χ3v) is 4.44. The summed E-state index contributed by atoms with van der Waals surface area (Å²) in [5.74, 6) is -0.631. The number of furan rings is 1. The Labute approximate surface area is 138 Å². The van der Waals surface area contributed by atoms with Crippen LogP contribution in [0.2, 0.25) is 0 Å². The van der Waals surface area contributed by atoms with E-state index in [0.717, 1.165) is 41.2 Å².